The largest absolute Gasteiger partial charge is 0.493 e. The minimum absolute atomic E-state index is 0.233. The Morgan fingerprint density at radius 2 is 2.07 bits per heavy atom. The summed E-state index contributed by atoms with van der Waals surface area (Å²) in [7, 11) is 0. The van der Waals surface area contributed by atoms with Crippen molar-refractivity contribution in [2.45, 2.75) is 25.3 Å². The summed E-state index contributed by atoms with van der Waals surface area (Å²) in [6.07, 6.45) is 5.51. The molecule has 1 saturated heterocycles. The standard InChI is InChI=1S/C21H22N2O5/c24-20(23-19(21(25)26)15-2-1-6-27-12-15)17-9-16(10-22-11-17)13-3-4-18-14(8-13)5-7-28-18/h3-4,8-11,15,19H,1-2,5-7,12H2,(H,23,24)(H,25,26). The second-order valence-corrected chi connectivity index (χ2v) is 7.15. The summed E-state index contributed by atoms with van der Waals surface area (Å²) in [5.74, 6) is -0.837. The second kappa shape index (κ2) is 7.98. The minimum atomic E-state index is -1.05. The number of hydrogen-bond acceptors (Lipinski definition) is 5. The summed E-state index contributed by atoms with van der Waals surface area (Å²) in [5.41, 5.74) is 3.21. The second-order valence-electron chi connectivity index (χ2n) is 7.15. The van der Waals surface area contributed by atoms with Crippen LogP contribution in [0, 0.1) is 5.92 Å². The molecule has 2 aliphatic rings. The van der Waals surface area contributed by atoms with Gasteiger partial charge in [-0.3, -0.25) is 9.78 Å². The predicted molar refractivity (Wildman–Crippen MR) is 101 cm³/mol. The Bertz CT molecular complexity index is 892. The molecule has 3 heterocycles. The number of benzene rings is 1. The van der Waals surface area contributed by atoms with Crippen LogP contribution in [0.3, 0.4) is 0 Å². The number of fused-ring (bicyclic) bond motifs is 1. The first-order valence-corrected chi connectivity index (χ1v) is 9.44. The van der Waals surface area contributed by atoms with Crippen LogP contribution >= 0.6 is 0 Å². The molecule has 1 amide bonds. The fraction of sp³-hybridized carbons (Fsp3) is 0.381. The van der Waals surface area contributed by atoms with Crippen LogP contribution in [0.15, 0.2) is 36.7 Å². The van der Waals surface area contributed by atoms with Crippen molar-refractivity contribution in [3.8, 4) is 16.9 Å². The van der Waals surface area contributed by atoms with Gasteiger partial charge in [-0.25, -0.2) is 4.79 Å². The zero-order chi connectivity index (χ0) is 19.5. The summed E-state index contributed by atoms with van der Waals surface area (Å²) >= 11 is 0. The van der Waals surface area contributed by atoms with Crippen LogP contribution in [0.25, 0.3) is 11.1 Å². The van der Waals surface area contributed by atoms with Gasteiger partial charge in [0.25, 0.3) is 5.91 Å². The van der Waals surface area contributed by atoms with Gasteiger partial charge in [0.2, 0.25) is 0 Å². The predicted octanol–water partition coefficient (Wildman–Crippen LogP) is 2.29. The van der Waals surface area contributed by atoms with Gasteiger partial charge in [0.15, 0.2) is 0 Å². The molecule has 2 atom stereocenters. The number of nitrogens with one attached hydrogen (secondary N) is 1. The molecule has 2 unspecified atom stereocenters. The number of nitrogens with zero attached hydrogens (tertiary/aromatic N) is 1. The molecule has 7 nitrogen and oxygen atoms in total. The third kappa shape index (κ3) is 3.84. The zero-order valence-electron chi connectivity index (χ0n) is 15.4. The fourth-order valence-electron chi connectivity index (χ4n) is 3.72. The number of amides is 1. The van der Waals surface area contributed by atoms with E-state index >= 15 is 0 Å². The molecule has 28 heavy (non-hydrogen) atoms. The molecule has 0 aliphatic carbocycles. The number of carbonyl (C=O) groups excluding carboxylic acids is 1. The van der Waals surface area contributed by atoms with Crippen LogP contribution in [0.5, 0.6) is 5.75 Å². The van der Waals surface area contributed by atoms with Crippen molar-refractivity contribution in [2.24, 2.45) is 5.92 Å². The van der Waals surface area contributed by atoms with Gasteiger partial charge in [0, 0.05) is 36.9 Å². The molecule has 1 aromatic carbocycles. The number of aliphatic carboxylic acids is 1. The molecule has 4 rings (SSSR count). The Kier molecular flexibility index (Phi) is 5.25. The molecule has 1 aromatic heterocycles. The highest BCUT2D eigenvalue weighted by molar-refractivity contribution is 5.97. The summed E-state index contributed by atoms with van der Waals surface area (Å²) in [6.45, 7) is 1.66. The van der Waals surface area contributed by atoms with Crippen LogP contribution in [0.4, 0.5) is 0 Å². The first-order valence-electron chi connectivity index (χ1n) is 9.44. The maximum Gasteiger partial charge on any atom is 0.326 e. The Hall–Kier alpha value is -2.93. The number of hydrogen-bond donors (Lipinski definition) is 2. The van der Waals surface area contributed by atoms with Crippen molar-refractivity contribution in [1.29, 1.82) is 0 Å². The lowest BCUT2D eigenvalue weighted by atomic mass is 9.93. The smallest absolute Gasteiger partial charge is 0.326 e. The number of carboxylic acid groups (broad SMARTS) is 1. The summed E-state index contributed by atoms with van der Waals surface area (Å²) in [5, 5.41) is 12.2. The van der Waals surface area contributed by atoms with E-state index in [4.69, 9.17) is 9.47 Å². The highest BCUT2D eigenvalue weighted by atomic mass is 16.5. The van der Waals surface area contributed by atoms with Crippen LogP contribution < -0.4 is 10.1 Å². The lowest BCUT2D eigenvalue weighted by molar-refractivity contribution is -0.142. The zero-order valence-corrected chi connectivity index (χ0v) is 15.4. The van der Waals surface area contributed by atoms with Gasteiger partial charge >= 0.3 is 5.97 Å². The lowest BCUT2D eigenvalue weighted by Gasteiger charge is -2.28. The maximum atomic E-state index is 12.7. The van der Waals surface area contributed by atoms with E-state index < -0.39 is 17.9 Å². The Morgan fingerprint density at radius 3 is 2.86 bits per heavy atom. The lowest BCUT2D eigenvalue weighted by Crippen LogP contribution is -2.48. The summed E-state index contributed by atoms with van der Waals surface area (Å²) < 4.78 is 10.9. The van der Waals surface area contributed by atoms with E-state index in [1.54, 1.807) is 12.3 Å². The van der Waals surface area contributed by atoms with Crippen molar-refractivity contribution in [2.75, 3.05) is 19.8 Å². The third-order valence-corrected chi connectivity index (χ3v) is 5.24. The minimum Gasteiger partial charge on any atom is -0.493 e. The van der Waals surface area contributed by atoms with Gasteiger partial charge < -0.3 is 19.9 Å². The molecule has 146 valence electrons. The Balaban J connectivity index is 1.53. The van der Waals surface area contributed by atoms with E-state index in [1.165, 1.54) is 6.20 Å². The topological polar surface area (TPSA) is 97.8 Å². The van der Waals surface area contributed by atoms with Crippen molar-refractivity contribution >= 4 is 11.9 Å². The molecule has 1 fully saturated rings. The molecular weight excluding hydrogens is 360 g/mol. The first-order chi connectivity index (χ1) is 13.6. The molecule has 0 radical (unpaired) electrons. The number of carbonyl (C=O) groups is 2. The van der Waals surface area contributed by atoms with E-state index in [0.717, 1.165) is 35.3 Å². The maximum absolute atomic E-state index is 12.7. The number of rotatable bonds is 5. The summed E-state index contributed by atoms with van der Waals surface area (Å²) in [4.78, 5) is 28.5. The van der Waals surface area contributed by atoms with Crippen LogP contribution in [0.2, 0.25) is 0 Å². The molecule has 2 N–H and O–H groups in total. The molecule has 2 aromatic rings. The third-order valence-electron chi connectivity index (χ3n) is 5.24. The van der Waals surface area contributed by atoms with Gasteiger partial charge in [-0.2, -0.15) is 0 Å². The number of carboxylic acids is 1. The van der Waals surface area contributed by atoms with Gasteiger partial charge in [0.05, 0.1) is 18.8 Å². The first kappa shape index (κ1) is 18.4. The van der Waals surface area contributed by atoms with E-state index in [-0.39, 0.29) is 5.92 Å². The van der Waals surface area contributed by atoms with Crippen LogP contribution in [0.1, 0.15) is 28.8 Å². The molecule has 7 heteroatoms. The van der Waals surface area contributed by atoms with Crippen LogP contribution in [-0.4, -0.2) is 47.8 Å². The van der Waals surface area contributed by atoms with Crippen molar-refractivity contribution < 1.29 is 24.2 Å². The Morgan fingerprint density at radius 1 is 1.18 bits per heavy atom. The monoisotopic (exact) mass is 382 g/mol. The van der Waals surface area contributed by atoms with Gasteiger partial charge in [0.1, 0.15) is 11.8 Å². The SMILES string of the molecule is O=C(NC(C(=O)O)C1CCCOC1)c1cncc(-c2ccc3c(c2)CCO3)c1. The molecule has 0 spiro atoms. The molecular formula is C21H22N2O5. The van der Waals surface area contributed by atoms with Crippen LogP contribution in [-0.2, 0) is 16.0 Å². The van der Waals surface area contributed by atoms with E-state index in [0.29, 0.717) is 31.8 Å². The Labute approximate surface area is 162 Å². The van der Waals surface area contributed by atoms with E-state index in [1.807, 2.05) is 18.2 Å². The highest BCUT2D eigenvalue weighted by Crippen LogP contribution is 2.30. The average molecular weight is 382 g/mol. The number of aromatic nitrogens is 1. The number of pyridine rings is 1. The van der Waals surface area contributed by atoms with Crippen molar-refractivity contribution in [1.82, 2.24) is 10.3 Å². The summed E-state index contributed by atoms with van der Waals surface area (Å²) in [6, 6.07) is 6.65. The molecule has 0 saturated carbocycles. The molecule has 0 bridgehead atoms. The highest BCUT2D eigenvalue weighted by Gasteiger charge is 2.31. The van der Waals surface area contributed by atoms with E-state index in [9.17, 15) is 14.7 Å². The van der Waals surface area contributed by atoms with Gasteiger partial charge in [-0.05, 0) is 42.2 Å². The van der Waals surface area contributed by atoms with E-state index in [2.05, 4.69) is 10.3 Å². The number of ether oxygens (including phenoxy) is 2. The fourth-order valence-corrected chi connectivity index (χ4v) is 3.72. The average Bonchev–Trinajstić information content (AvgIpc) is 3.20. The van der Waals surface area contributed by atoms with Gasteiger partial charge in [-0.1, -0.05) is 6.07 Å². The molecule has 2 aliphatic heterocycles. The van der Waals surface area contributed by atoms with Crippen molar-refractivity contribution in [3.05, 3.63) is 47.8 Å². The normalized spacial score (nSPS) is 19.4. The van der Waals surface area contributed by atoms with Gasteiger partial charge in [-0.15, -0.1) is 0 Å². The van der Waals surface area contributed by atoms with Crippen molar-refractivity contribution in [3.63, 3.8) is 0 Å². The quantitative estimate of drug-likeness (QED) is 0.823.